The van der Waals surface area contributed by atoms with E-state index >= 15 is 0 Å². The molecule has 1 aromatic heterocycles. The van der Waals surface area contributed by atoms with E-state index in [1.165, 1.54) is 18.3 Å². The lowest BCUT2D eigenvalue weighted by Crippen LogP contribution is -2.25. The highest BCUT2D eigenvalue weighted by atomic mass is 32.1. The largest absolute Gasteiger partial charge is 0.374 e. The zero-order chi connectivity index (χ0) is 15.2. The number of aromatic nitrogens is 2. The predicted molar refractivity (Wildman–Crippen MR) is 81.1 cm³/mol. The van der Waals surface area contributed by atoms with Crippen LogP contribution in [0.3, 0.4) is 0 Å². The number of hydrogen-bond donors (Lipinski definition) is 3. The summed E-state index contributed by atoms with van der Waals surface area (Å²) in [5.41, 5.74) is 6.66. The lowest BCUT2D eigenvalue weighted by atomic mass is 10.2. The van der Waals surface area contributed by atoms with Gasteiger partial charge in [0.1, 0.15) is 5.01 Å². The van der Waals surface area contributed by atoms with Crippen LogP contribution in [0.2, 0.25) is 0 Å². The van der Waals surface area contributed by atoms with E-state index in [1.54, 1.807) is 24.3 Å². The number of carbonyl (C=O) groups is 2. The number of anilines is 2. The van der Waals surface area contributed by atoms with Crippen LogP contribution in [0.5, 0.6) is 0 Å². The molecule has 1 aromatic carbocycles. The standard InChI is InChI=1S/C13H15N5O2S/c1-8(19)16-10-4-2-9(3-5-10)12(20)15-7-6-11-17-18-13(14)21-11/h2-5H,6-7H2,1H3,(H2,14,18)(H,15,20)(H,16,19). The first-order valence-corrected chi connectivity index (χ1v) is 7.10. The zero-order valence-electron chi connectivity index (χ0n) is 11.4. The average Bonchev–Trinajstić information content (AvgIpc) is 2.84. The second-order valence-electron chi connectivity index (χ2n) is 4.30. The molecule has 110 valence electrons. The summed E-state index contributed by atoms with van der Waals surface area (Å²) in [6.45, 7) is 1.89. The van der Waals surface area contributed by atoms with Gasteiger partial charge in [0.25, 0.3) is 5.91 Å². The highest BCUT2D eigenvalue weighted by Gasteiger charge is 2.06. The molecule has 4 N–H and O–H groups in total. The Morgan fingerprint density at radius 1 is 1.24 bits per heavy atom. The lowest BCUT2D eigenvalue weighted by Gasteiger charge is -2.05. The zero-order valence-corrected chi connectivity index (χ0v) is 12.2. The van der Waals surface area contributed by atoms with Gasteiger partial charge in [-0.1, -0.05) is 11.3 Å². The van der Waals surface area contributed by atoms with Crippen LogP contribution in [0.15, 0.2) is 24.3 Å². The Kier molecular flexibility index (Phi) is 4.83. The molecule has 1 heterocycles. The molecule has 0 aliphatic carbocycles. The van der Waals surface area contributed by atoms with Gasteiger partial charge in [0, 0.05) is 31.1 Å². The van der Waals surface area contributed by atoms with Crippen LogP contribution in [-0.4, -0.2) is 28.6 Å². The molecule has 0 saturated carbocycles. The predicted octanol–water partition coefficient (Wildman–Crippen LogP) is 1.05. The normalized spacial score (nSPS) is 10.1. The van der Waals surface area contributed by atoms with Crippen LogP contribution in [0, 0.1) is 0 Å². The van der Waals surface area contributed by atoms with E-state index in [2.05, 4.69) is 20.8 Å². The SMILES string of the molecule is CC(=O)Nc1ccc(C(=O)NCCc2nnc(N)s2)cc1. The van der Waals surface area contributed by atoms with Crippen molar-refractivity contribution in [1.29, 1.82) is 0 Å². The van der Waals surface area contributed by atoms with Crippen LogP contribution >= 0.6 is 11.3 Å². The highest BCUT2D eigenvalue weighted by Crippen LogP contribution is 2.11. The third-order valence-electron chi connectivity index (χ3n) is 2.57. The summed E-state index contributed by atoms with van der Waals surface area (Å²) < 4.78 is 0. The Morgan fingerprint density at radius 2 is 1.95 bits per heavy atom. The molecule has 0 unspecified atom stereocenters. The maximum absolute atomic E-state index is 11.9. The number of carbonyl (C=O) groups excluding carboxylic acids is 2. The quantitative estimate of drug-likeness (QED) is 0.765. The summed E-state index contributed by atoms with van der Waals surface area (Å²) >= 11 is 1.31. The van der Waals surface area contributed by atoms with E-state index in [0.717, 1.165) is 5.01 Å². The number of nitrogen functional groups attached to an aromatic ring is 1. The molecular formula is C13H15N5O2S. The Morgan fingerprint density at radius 3 is 2.52 bits per heavy atom. The Bertz CT molecular complexity index is 638. The molecule has 0 atom stereocenters. The first-order chi connectivity index (χ1) is 10.0. The lowest BCUT2D eigenvalue weighted by molar-refractivity contribution is -0.114. The van der Waals surface area contributed by atoms with Crippen molar-refractivity contribution in [1.82, 2.24) is 15.5 Å². The van der Waals surface area contributed by atoms with Crippen LogP contribution in [0.4, 0.5) is 10.8 Å². The highest BCUT2D eigenvalue weighted by molar-refractivity contribution is 7.15. The fraction of sp³-hybridized carbons (Fsp3) is 0.231. The van der Waals surface area contributed by atoms with Gasteiger partial charge in [0.15, 0.2) is 0 Å². The molecule has 2 rings (SSSR count). The van der Waals surface area contributed by atoms with Gasteiger partial charge in [-0.05, 0) is 24.3 Å². The van der Waals surface area contributed by atoms with Gasteiger partial charge in [-0.3, -0.25) is 9.59 Å². The Balaban J connectivity index is 1.84. The second-order valence-corrected chi connectivity index (χ2v) is 5.39. The third kappa shape index (κ3) is 4.53. The molecule has 2 aromatic rings. The van der Waals surface area contributed by atoms with E-state index in [9.17, 15) is 9.59 Å². The van der Waals surface area contributed by atoms with Crippen LogP contribution in [0.1, 0.15) is 22.3 Å². The van der Waals surface area contributed by atoms with Gasteiger partial charge in [-0.25, -0.2) is 0 Å². The molecule has 0 bridgehead atoms. The van der Waals surface area contributed by atoms with Crippen molar-refractivity contribution in [2.75, 3.05) is 17.6 Å². The van der Waals surface area contributed by atoms with Crippen molar-refractivity contribution in [3.63, 3.8) is 0 Å². The Labute approximate surface area is 125 Å². The van der Waals surface area contributed by atoms with Crippen LogP contribution < -0.4 is 16.4 Å². The van der Waals surface area contributed by atoms with Gasteiger partial charge >= 0.3 is 0 Å². The van der Waals surface area contributed by atoms with E-state index < -0.39 is 0 Å². The van der Waals surface area contributed by atoms with E-state index in [1.807, 2.05) is 0 Å². The van der Waals surface area contributed by atoms with E-state index in [4.69, 9.17) is 5.73 Å². The van der Waals surface area contributed by atoms with Crippen molar-refractivity contribution in [2.45, 2.75) is 13.3 Å². The molecule has 0 saturated heterocycles. The number of nitrogens with zero attached hydrogens (tertiary/aromatic N) is 2. The summed E-state index contributed by atoms with van der Waals surface area (Å²) in [6.07, 6.45) is 0.588. The molecule has 0 aliphatic heterocycles. The van der Waals surface area contributed by atoms with Crippen LogP contribution in [-0.2, 0) is 11.2 Å². The summed E-state index contributed by atoms with van der Waals surface area (Å²) in [5.74, 6) is -0.328. The second kappa shape index (κ2) is 6.80. The maximum Gasteiger partial charge on any atom is 0.251 e. The number of rotatable bonds is 5. The molecule has 8 heteroatoms. The summed E-state index contributed by atoms with van der Waals surface area (Å²) in [6, 6.07) is 6.68. The number of amides is 2. The van der Waals surface area contributed by atoms with Crippen LogP contribution in [0.25, 0.3) is 0 Å². The third-order valence-corrected chi connectivity index (χ3v) is 3.39. The Hall–Kier alpha value is -2.48. The minimum Gasteiger partial charge on any atom is -0.374 e. The number of nitrogens with two attached hydrogens (primary N) is 1. The molecule has 0 spiro atoms. The number of nitrogens with one attached hydrogen (secondary N) is 2. The topological polar surface area (TPSA) is 110 Å². The molecule has 7 nitrogen and oxygen atoms in total. The fourth-order valence-corrected chi connectivity index (χ4v) is 2.27. The van der Waals surface area contributed by atoms with Gasteiger partial charge < -0.3 is 16.4 Å². The van der Waals surface area contributed by atoms with E-state index in [-0.39, 0.29) is 11.8 Å². The average molecular weight is 305 g/mol. The van der Waals surface area contributed by atoms with Gasteiger partial charge in [0.2, 0.25) is 11.0 Å². The monoisotopic (exact) mass is 305 g/mol. The summed E-state index contributed by atoms with van der Waals surface area (Å²) in [5, 5.41) is 14.2. The molecule has 0 fully saturated rings. The smallest absolute Gasteiger partial charge is 0.251 e. The maximum atomic E-state index is 11.9. The molecule has 0 radical (unpaired) electrons. The van der Waals surface area contributed by atoms with Crippen molar-refractivity contribution in [3.05, 3.63) is 34.8 Å². The van der Waals surface area contributed by atoms with Crippen molar-refractivity contribution >= 4 is 34.0 Å². The first-order valence-electron chi connectivity index (χ1n) is 6.28. The molecule has 2 amide bonds. The van der Waals surface area contributed by atoms with Crippen molar-refractivity contribution < 1.29 is 9.59 Å². The number of benzene rings is 1. The number of hydrogen-bond acceptors (Lipinski definition) is 6. The molecule has 0 aliphatic rings. The van der Waals surface area contributed by atoms with Gasteiger partial charge in [-0.15, -0.1) is 10.2 Å². The van der Waals surface area contributed by atoms with E-state index in [0.29, 0.717) is 29.3 Å². The van der Waals surface area contributed by atoms with Gasteiger partial charge in [0.05, 0.1) is 0 Å². The minimum absolute atomic E-state index is 0.150. The van der Waals surface area contributed by atoms with Crippen molar-refractivity contribution in [3.8, 4) is 0 Å². The summed E-state index contributed by atoms with van der Waals surface area (Å²) in [4.78, 5) is 22.8. The molecule has 21 heavy (non-hydrogen) atoms. The van der Waals surface area contributed by atoms with Crippen molar-refractivity contribution in [2.24, 2.45) is 0 Å². The minimum atomic E-state index is -0.179. The van der Waals surface area contributed by atoms with Gasteiger partial charge in [-0.2, -0.15) is 0 Å². The first kappa shape index (κ1) is 14.9. The molecular weight excluding hydrogens is 290 g/mol. The summed E-state index contributed by atoms with van der Waals surface area (Å²) in [7, 11) is 0. The fourth-order valence-electron chi connectivity index (χ4n) is 1.66.